The minimum Gasteiger partial charge on any atom is -0.356 e. The van der Waals surface area contributed by atoms with Crippen LogP contribution in [0.5, 0.6) is 0 Å². The standard InChI is InChI=1S/C18H23FN4O/c1-18(2,3)17(24)22-13-6-8-23(9-7-13)16-14-10-12(19)4-5-15(14)20-11-21-16/h4-5,10-11,13H,6-9H2,1-3H3,(H,22,24). The maximum atomic E-state index is 13.6. The van der Waals surface area contributed by atoms with Crippen LogP contribution in [0.3, 0.4) is 0 Å². The Balaban J connectivity index is 1.71. The van der Waals surface area contributed by atoms with Crippen LogP contribution < -0.4 is 10.2 Å². The van der Waals surface area contributed by atoms with Gasteiger partial charge in [0.25, 0.3) is 0 Å². The summed E-state index contributed by atoms with van der Waals surface area (Å²) in [6, 6.07) is 4.75. The molecular formula is C18H23FN4O. The molecule has 0 radical (unpaired) electrons. The van der Waals surface area contributed by atoms with Crippen molar-refractivity contribution in [3.63, 3.8) is 0 Å². The minimum absolute atomic E-state index is 0.0792. The first kappa shape index (κ1) is 16.6. The summed E-state index contributed by atoms with van der Waals surface area (Å²) in [6.45, 7) is 7.30. The molecule has 5 nitrogen and oxygen atoms in total. The second-order valence-corrected chi connectivity index (χ2v) is 7.34. The summed E-state index contributed by atoms with van der Waals surface area (Å²) < 4.78 is 13.6. The maximum Gasteiger partial charge on any atom is 0.225 e. The number of amides is 1. The molecular weight excluding hydrogens is 307 g/mol. The predicted molar refractivity (Wildman–Crippen MR) is 92.3 cm³/mol. The number of hydrogen-bond acceptors (Lipinski definition) is 4. The maximum absolute atomic E-state index is 13.6. The smallest absolute Gasteiger partial charge is 0.225 e. The van der Waals surface area contributed by atoms with E-state index in [1.54, 1.807) is 6.07 Å². The van der Waals surface area contributed by atoms with Gasteiger partial charge in [0.2, 0.25) is 5.91 Å². The van der Waals surface area contributed by atoms with Gasteiger partial charge < -0.3 is 10.2 Å². The summed E-state index contributed by atoms with van der Waals surface area (Å²) in [5, 5.41) is 3.85. The fourth-order valence-corrected chi connectivity index (χ4v) is 2.90. The molecule has 0 spiro atoms. The molecule has 0 aliphatic carbocycles. The number of piperidine rings is 1. The van der Waals surface area contributed by atoms with Crippen LogP contribution in [0, 0.1) is 11.2 Å². The number of aromatic nitrogens is 2. The number of nitrogens with one attached hydrogen (secondary N) is 1. The number of anilines is 1. The van der Waals surface area contributed by atoms with E-state index in [1.807, 2.05) is 20.8 Å². The molecule has 1 saturated heterocycles. The van der Waals surface area contributed by atoms with Gasteiger partial charge in [-0.05, 0) is 31.0 Å². The molecule has 2 aromatic rings. The zero-order chi connectivity index (χ0) is 17.3. The highest BCUT2D eigenvalue weighted by Crippen LogP contribution is 2.26. The first-order valence-electron chi connectivity index (χ1n) is 8.31. The highest BCUT2D eigenvalue weighted by molar-refractivity contribution is 5.89. The molecule has 1 aromatic carbocycles. The number of rotatable bonds is 2. The molecule has 24 heavy (non-hydrogen) atoms. The van der Waals surface area contributed by atoms with Gasteiger partial charge in [-0.1, -0.05) is 20.8 Å². The Hall–Kier alpha value is -2.24. The number of carbonyl (C=O) groups is 1. The molecule has 1 aromatic heterocycles. The van der Waals surface area contributed by atoms with E-state index in [2.05, 4.69) is 20.2 Å². The lowest BCUT2D eigenvalue weighted by atomic mass is 9.94. The summed E-state index contributed by atoms with van der Waals surface area (Å²) in [5.74, 6) is 0.557. The second kappa shape index (κ2) is 6.34. The third kappa shape index (κ3) is 3.47. The van der Waals surface area contributed by atoms with Crippen molar-refractivity contribution in [2.45, 2.75) is 39.7 Å². The van der Waals surface area contributed by atoms with E-state index in [-0.39, 0.29) is 23.2 Å². The average Bonchev–Trinajstić information content (AvgIpc) is 2.54. The Morgan fingerprint density at radius 2 is 1.96 bits per heavy atom. The van der Waals surface area contributed by atoms with Crippen LogP contribution in [0.1, 0.15) is 33.6 Å². The van der Waals surface area contributed by atoms with E-state index in [4.69, 9.17) is 0 Å². The van der Waals surface area contributed by atoms with Crippen LogP contribution in [0.15, 0.2) is 24.5 Å². The number of fused-ring (bicyclic) bond motifs is 1. The van der Waals surface area contributed by atoms with E-state index in [0.717, 1.165) is 42.7 Å². The Morgan fingerprint density at radius 1 is 1.25 bits per heavy atom. The van der Waals surface area contributed by atoms with E-state index in [1.165, 1.54) is 18.5 Å². The van der Waals surface area contributed by atoms with E-state index >= 15 is 0 Å². The van der Waals surface area contributed by atoms with Gasteiger partial charge in [-0.3, -0.25) is 4.79 Å². The topological polar surface area (TPSA) is 58.1 Å². The SMILES string of the molecule is CC(C)(C)C(=O)NC1CCN(c2ncnc3ccc(F)cc23)CC1. The van der Waals surface area contributed by atoms with Crippen LogP contribution in [-0.4, -0.2) is 35.0 Å². The number of carbonyl (C=O) groups excluding carboxylic acids is 1. The van der Waals surface area contributed by atoms with Crippen molar-refractivity contribution in [2.75, 3.05) is 18.0 Å². The zero-order valence-corrected chi connectivity index (χ0v) is 14.3. The van der Waals surface area contributed by atoms with Gasteiger partial charge in [0, 0.05) is 29.9 Å². The summed E-state index contributed by atoms with van der Waals surface area (Å²) >= 11 is 0. The van der Waals surface area contributed by atoms with E-state index in [9.17, 15) is 9.18 Å². The van der Waals surface area contributed by atoms with E-state index in [0.29, 0.717) is 0 Å². The molecule has 0 saturated carbocycles. The van der Waals surface area contributed by atoms with Gasteiger partial charge in [0.1, 0.15) is 18.0 Å². The van der Waals surface area contributed by atoms with Crippen molar-refractivity contribution < 1.29 is 9.18 Å². The van der Waals surface area contributed by atoms with Gasteiger partial charge in [0.15, 0.2) is 0 Å². The first-order valence-corrected chi connectivity index (χ1v) is 8.31. The molecule has 1 aliphatic rings. The van der Waals surface area contributed by atoms with Crippen LogP contribution >= 0.6 is 0 Å². The monoisotopic (exact) mass is 330 g/mol. The van der Waals surface area contributed by atoms with Crippen molar-refractivity contribution in [3.05, 3.63) is 30.3 Å². The highest BCUT2D eigenvalue weighted by Gasteiger charge is 2.27. The molecule has 128 valence electrons. The molecule has 1 amide bonds. The predicted octanol–water partition coefficient (Wildman–Crippen LogP) is 2.90. The second-order valence-electron chi connectivity index (χ2n) is 7.34. The minimum atomic E-state index is -0.377. The molecule has 3 rings (SSSR count). The lowest BCUT2D eigenvalue weighted by Crippen LogP contribution is -2.48. The number of nitrogens with zero attached hydrogens (tertiary/aromatic N) is 3. The summed E-state index contributed by atoms with van der Waals surface area (Å²) in [7, 11) is 0. The van der Waals surface area contributed by atoms with Crippen molar-refractivity contribution in [1.82, 2.24) is 15.3 Å². The average molecular weight is 330 g/mol. The normalized spacial score (nSPS) is 16.4. The molecule has 2 heterocycles. The third-order valence-corrected chi connectivity index (χ3v) is 4.39. The van der Waals surface area contributed by atoms with Crippen molar-refractivity contribution >= 4 is 22.6 Å². The molecule has 1 fully saturated rings. The largest absolute Gasteiger partial charge is 0.356 e. The summed E-state index contributed by atoms with van der Waals surface area (Å²) in [6.07, 6.45) is 3.22. The molecule has 0 atom stereocenters. The van der Waals surface area contributed by atoms with Crippen molar-refractivity contribution in [2.24, 2.45) is 5.41 Å². The fraction of sp³-hybridized carbons (Fsp3) is 0.500. The Morgan fingerprint density at radius 3 is 2.62 bits per heavy atom. The molecule has 1 N–H and O–H groups in total. The van der Waals surface area contributed by atoms with Crippen LogP contribution in [-0.2, 0) is 4.79 Å². The van der Waals surface area contributed by atoms with Gasteiger partial charge in [0.05, 0.1) is 5.52 Å². The molecule has 1 aliphatic heterocycles. The highest BCUT2D eigenvalue weighted by atomic mass is 19.1. The lowest BCUT2D eigenvalue weighted by molar-refractivity contribution is -0.129. The Labute approximate surface area is 141 Å². The van der Waals surface area contributed by atoms with Crippen LogP contribution in [0.2, 0.25) is 0 Å². The fourth-order valence-electron chi connectivity index (χ4n) is 2.90. The number of benzene rings is 1. The quantitative estimate of drug-likeness (QED) is 0.920. The van der Waals surface area contributed by atoms with Gasteiger partial charge in [-0.15, -0.1) is 0 Å². The van der Waals surface area contributed by atoms with E-state index < -0.39 is 0 Å². The van der Waals surface area contributed by atoms with Gasteiger partial charge in [-0.2, -0.15) is 0 Å². The van der Waals surface area contributed by atoms with Crippen LogP contribution in [0.4, 0.5) is 10.2 Å². The number of halogens is 1. The number of hydrogen-bond donors (Lipinski definition) is 1. The summed E-state index contributed by atoms with van der Waals surface area (Å²) in [4.78, 5) is 22.8. The lowest BCUT2D eigenvalue weighted by Gasteiger charge is -2.34. The third-order valence-electron chi connectivity index (χ3n) is 4.39. The molecule has 0 bridgehead atoms. The Bertz CT molecular complexity index is 748. The summed E-state index contributed by atoms with van der Waals surface area (Å²) in [5.41, 5.74) is 0.363. The van der Waals surface area contributed by atoms with Crippen molar-refractivity contribution in [1.29, 1.82) is 0 Å². The van der Waals surface area contributed by atoms with Gasteiger partial charge in [-0.25, -0.2) is 14.4 Å². The van der Waals surface area contributed by atoms with Crippen LogP contribution in [0.25, 0.3) is 10.9 Å². The van der Waals surface area contributed by atoms with Crippen molar-refractivity contribution in [3.8, 4) is 0 Å². The molecule has 6 heteroatoms. The molecule has 0 unspecified atom stereocenters. The Kier molecular flexibility index (Phi) is 4.39. The first-order chi connectivity index (χ1) is 11.3. The van der Waals surface area contributed by atoms with Gasteiger partial charge >= 0.3 is 0 Å². The zero-order valence-electron chi connectivity index (χ0n) is 14.3.